The van der Waals surface area contributed by atoms with E-state index in [1.54, 1.807) is 12.1 Å². The molecule has 0 radical (unpaired) electrons. The van der Waals surface area contributed by atoms with E-state index in [0.29, 0.717) is 11.1 Å². The van der Waals surface area contributed by atoms with Crippen molar-refractivity contribution in [3.63, 3.8) is 0 Å². The second kappa shape index (κ2) is 8.40. The zero-order chi connectivity index (χ0) is 19.2. The Bertz CT molecular complexity index is 882. The van der Waals surface area contributed by atoms with Crippen LogP contribution in [0.2, 0.25) is 0 Å². The molecule has 0 aliphatic carbocycles. The van der Waals surface area contributed by atoms with Gasteiger partial charge in [-0.2, -0.15) is 8.78 Å². The van der Waals surface area contributed by atoms with Crippen LogP contribution in [0.15, 0.2) is 78.9 Å². The van der Waals surface area contributed by atoms with E-state index in [1.165, 1.54) is 36.4 Å². The lowest BCUT2D eigenvalue weighted by Gasteiger charge is -2.20. The Balaban J connectivity index is 1.87. The Morgan fingerprint density at radius 3 is 2.00 bits per heavy atom. The molecule has 0 bridgehead atoms. The zero-order valence-electron chi connectivity index (χ0n) is 14.1. The third-order valence-corrected chi connectivity index (χ3v) is 3.95. The topological polar surface area (TPSA) is 38.3 Å². The van der Waals surface area contributed by atoms with Gasteiger partial charge in [-0.05, 0) is 47.5 Å². The van der Waals surface area contributed by atoms with Crippen LogP contribution in [0.3, 0.4) is 0 Å². The fourth-order valence-corrected chi connectivity index (χ4v) is 2.66. The average Bonchev–Trinajstić information content (AvgIpc) is 2.67. The summed E-state index contributed by atoms with van der Waals surface area (Å²) in [4.78, 5) is 12.6. The number of hydrogen-bond donors (Lipinski definition) is 1. The van der Waals surface area contributed by atoms with E-state index < -0.39 is 18.5 Å². The van der Waals surface area contributed by atoms with Gasteiger partial charge in [-0.25, -0.2) is 4.39 Å². The minimum Gasteiger partial charge on any atom is -0.435 e. The summed E-state index contributed by atoms with van der Waals surface area (Å²) in [6, 6.07) is 20.0. The number of amides is 1. The number of nitrogens with one attached hydrogen (secondary N) is 1. The standard InChI is InChI=1S/C21H16F3NO2/c22-17-10-6-16(7-11-17)20(26)25-19(14-4-2-1-3-5-14)15-8-12-18(13-9-15)27-21(23)24/h1-13,19,21H,(H,25,26). The maximum Gasteiger partial charge on any atom is 0.387 e. The molecule has 1 atom stereocenters. The van der Waals surface area contributed by atoms with Crippen LogP contribution in [-0.4, -0.2) is 12.5 Å². The van der Waals surface area contributed by atoms with Crippen LogP contribution in [0.5, 0.6) is 5.75 Å². The van der Waals surface area contributed by atoms with Crippen LogP contribution in [-0.2, 0) is 0 Å². The molecule has 138 valence electrons. The molecular formula is C21H16F3NO2. The van der Waals surface area contributed by atoms with Gasteiger partial charge in [-0.15, -0.1) is 0 Å². The Morgan fingerprint density at radius 2 is 1.41 bits per heavy atom. The summed E-state index contributed by atoms with van der Waals surface area (Å²) in [6.07, 6.45) is 0. The molecule has 0 aliphatic rings. The fraction of sp³-hybridized carbons (Fsp3) is 0.0952. The molecule has 3 nitrogen and oxygen atoms in total. The third-order valence-electron chi connectivity index (χ3n) is 3.95. The zero-order valence-corrected chi connectivity index (χ0v) is 14.1. The SMILES string of the molecule is O=C(NC(c1ccccc1)c1ccc(OC(F)F)cc1)c1ccc(F)cc1. The molecule has 6 heteroatoms. The molecule has 3 aromatic carbocycles. The summed E-state index contributed by atoms with van der Waals surface area (Å²) in [5.41, 5.74) is 1.82. The molecule has 0 aliphatic heterocycles. The normalized spacial score (nSPS) is 11.9. The molecule has 0 spiro atoms. The third kappa shape index (κ3) is 4.88. The van der Waals surface area contributed by atoms with Crippen molar-refractivity contribution >= 4 is 5.91 Å². The van der Waals surface area contributed by atoms with E-state index in [1.807, 2.05) is 30.3 Å². The molecule has 0 saturated carbocycles. The van der Waals surface area contributed by atoms with Gasteiger partial charge >= 0.3 is 6.61 Å². The molecule has 1 N–H and O–H groups in total. The molecular weight excluding hydrogens is 355 g/mol. The smallest absolute Gasteiger partial charge is 0.387 e. The first-order valence-corrected chi connectivity index (χ1v) is 8.19. The molecule has 3 rings (SSSR count). The fourth-order valence-electron chi connectivity index (χ4n) is 2.66. The highest BCUT2D eigenvalue weighted by atomic mass is 19.3. The van der Waals surface area contributed by atoms with Crippen molar-refractivity contribution in [1.29, 1.82) is 0 Å². The van der Waals surface area contributed by atoms with Crippen molar-refractivity contribution in [2.75, 3.05) is 0 Å². The van der Waals surface area contributed by atoms with Gasteiger partial charge in [-0.1, -0.05) is 42.5 Å². The van der Waals surface area contributed by atoms with Gasteiger partial charge < -0.3 is 10.1 Å². The summed E-state index contributed by atoms with van der Waals surface area (Å²) < 4.78 is 42.1. The summed E-state index contributed by atoms with van der Waals surface area (Å²) in [5, 5.41) is 2.90. The van der Waals surface area contributed by atoms with Gasteiger partial charge in [0.25, 0.3) is 5.91 Å². The van der Waals surface area contributed by atoms with Crippen molar-refractivity contribution in [1.82, 2.24) is 5.32 Å². The van der Waals surface area contributed by atoms with Crippen molar-refractivity contribution in [2.24, 2.45) is 0 Å². The maximum absolute atomic E-state index is 13.1. The Hall–Kier alpha value is -3.28. The van der Waals surface area contributed by atoms with E-state index in [-0.39, 0.29) is 11.7 Å². The number of carbonyl (C=O) groups excluding carboxylic acids is 1. The Labute approximate surface area is 154 Å². The van der Waals surface area contributed by atoms with Crippen LogP contribution >= 0.6 is 0 Å². The summed E-state index contributed by atoms with van der Waals surface area (Å²) >= 11 is 0. The highest BCUT2D eigenvalue weighted by Crippen LogP contribution is 2.25. The Morgan fingerprint density at radius 1 is 0.815 bits per heavy atom. The number of ether oxygens (including phenoxy) is 1. The van der Waals surface area contributed by atoms with Crippen molar-refractivity contribution in [3.05, 3.63) is 101 Å². The molecule has 1 amide bonds. The molecule has 1 unspecified atom stereocenters. The number of alkyl halides is 2. The highest BCUT2D eigenvalue weighted by Gasteiger charge is 2.18. The second-order valence-electron chi connectivity index (χ2n) is 5.77. The van der Waals surface area contributed by atoms with Crippen LogP contribution in [0.4, 0.5) is 13.2 Å². The van der Waals surface area contributed by atoms with E-state index in [9.17, 15) is 18.0 Å². The molecule has 0 heterocycles. The van der Waals surface area contributed by atoms with Gasteiger partial charge in [0.2, 0.25) is 0 Å². The van der Waals surface area contributed by atoms with Crippen LogP contribution in [0.1, 0.15) is 27.5 Å². The quantitative estimate of drug-likeness (QED) is 0.666. The molecule has 0 fully saturated rings. The first-order valence-electron chi connectivity index (χ1n) is 8.19. The molecule has 0 saturated heterocycles. The molecule has 3 aromatic rings. The lowest BCUT2D eigenvalue weighted by molar-refractivity contribution is -0.0498. The number of carbonyl (C=O) groups is 1. The van der Waals surface area contributed by atoms with Crippen LogP contribution in [0.25, 0.3) is 0 Å². The highest BCUT2D eigenvalue weighted by molar-refractivity contribution is 5.94. The number of rotatable bonds is 6. The Kier molecular flexibility index (Phi) is 5.76. The minimum atomic E-state index is -2.90. The first kappa shape index (κ1) is 18.5. The van der Waals surface area contributed by atoms with Crippen molar-refractivity contribution in [3.8, 4) is 5.75 Å². The number of halogens is 3. The van der Waals surface area contributed by atoms with Gasteiger partial charge in [0, 0.05) is 5.56 Å². The van der Waals surface area contributed by atoms with Crippen LogP contribution < -0.4 is 10.1 Å². The van der Waals surface area contributed by atoms with Crippen molar-refractivity contribution in [2.45, 2.75) is 12.7 Å². The van der Waals surface area contributed by atoms with Gasteiger partial charge in [0.1, 0.15) is 11.6 Å². The van der Waals surface area contributed by atoms with E-state index in [4.69, 9.17) is 0 Å². The predicted molar refractivity (Wildman–Crippen MR) is 95.2 cm³/mol. The van der Waals surface area contributed by atoms with Gasteiger partial charge in [-0.3, -0.25) is 4.79 Å². The van der Waals surface area contributed by atoms with Crippen molar-refractivity contribution < 1.29 is 22.7 Å². The lowest BCUT2D eigenvalue weighted by Crippen LogP contribution is -2.29. The average molecular weight is 371 g/mol. The van der Waals surface area contributed by atoms with E-state index >= 15 is 0 Å². The summed E-state index contributed by atoms with van der Waals surface area (Å²) in [7, 11) is 0. The summed E-state index contributed by atoms with van der Waals surface area (Å²) in [6.45, 7) is -2.90. The maximum atomic E-state index is 13.1. The number of hydrogen-bond acceptors (Lipinski definition) is 2. The monoisotopic (exact) mass is 371 g/mol. The van der Waals surface area contributed by atoms with Crippen LogP contribution in [0, 0.1) is 5.82 Å². The van der Waals surface area contributed by atoms with Gasteiger partial charge in [0.05, 0.1) is 6.04 Å². The van der Waals surface area contributed by atoms with Gasteiger partial charge in [0.15, 0.2) is 0 Å². The molecule has 0 aromatic heterocycles. The predicted octanol–water partition coefficient (Wildman–Crippen LogP) is 4.95. The second-order valence-corrected chi connectivity index (χ2v) is 5.77. The van der Waals surface area contributed by atoms with E-state index in [0.717, 1.165) is 5.56 Å². The largest absolute Gasteiger partial charge is 0.435 e. The number of benzene rings is 3. The first-order chi connectivity index (χ1) is 13.0. The molecule has 27 heavy (non-hydrogen) atoms. The lowest BCUT2D eigenvalue weighted by atomic mass is 9.98. The summed E-state index contributed by atoms with van der Waals surface area (Å²) in [5.74, 6) is -0.775. The minimum absolute atomic E-state index is 0.0328. The van der Waals surface area contributed by atoms with E-state index in [2.05, 4.69) is 10.1 Å².